The highest BCUT2D eigenvalue weighted by molar-refractivity contribution is 6.35. The van der Waals surface area contributed by atoms with Gasteiger partial charge < -0.3 is 20.5 Å². The van der Waals surface area contributed by atoms with E-state index in [1.54, 1.807) is 24.3 Å². The first-order chi connectivity index (χ1) is 17.6. The van der Waals surface area contributed by atoms with Gasteiger partial charge >= 0.3 is 0 Å². The van der Waals surface area contributed by atoms with Crippen LogP contribution in [-0.2, 0) is 31.1 Å². The van der Waals surface area contributed by atoms with Gasteiger partial charge in [0.15, 0.2) is 11.5 Å². The quantitative estimate of drug-likeness (QED) is 0.464. The Labute approximate surface area is 218 Å². The second-order valence-corrected chi connectivity index (χ2v) is 10.0. The molecule has 37 heavy (non-hydrogen) atoms. The summed E-state index contributed by atoms with van der Waals surface area (Å²) in [6.07, 6.45) is 0.166. The smallest absolute Gasteiger partial charge is 0.250 e. The number of nitrogens with zero attached hydrogens (tertiary/aromatic N) is 1. The average molecular weight is 527 g/mol. The van der Waals surface area contributed by atoms with Crippen LogP contribution in [0.15, 0.2) is 30.3 Å². The predicted molar refractivity (Wildman–Crippen MR) is 134 cm³/mol. The fraction of sp³-hybridized carbons (Fsp3) is 0.385. The zero-order valence-corrected chi connectivity index (χ0v) is 21.3. The molecule has 2 saturated heterocycles. The predicted octanol–water partition coefficient (Wildman–Crippen LogP) is 1.50. The van der Waals surface area contributed by atoms with Crippen LogP contribution in [0.5, 0.6) is 11.5 Å². The molecular weight excluding hydrogens is 500 g/mol. The summed E-state index contributed by atoms with van der Waals surface area (Å²) in [7, 11) is 3.07. The number of carbonyl (C=O) groups is 4. The largest absolute Gasteiger partial charge is 0.493 e. The number of hydrogen-bond donors (Lipinski definition) is 3. The summed E-state index contributed by atoms with van der Waals surface area (Å²) in [4.78, 5) is 54.1. The summed E-state index contributed by atoms with van der Waals surface area (Å²) in [5, 5.41) is 6.29. The van der Waals surface area contributed by atoms with Gasteiger partial charge in [0.2, 0.25) is 23.6 Å². The number of ether oxygens (including phenoxy) is 2. The van der Waals surface area contributed by atoms with Gasteiger partial charge in [-0.3, -0.25) is 29.4 Å². The molecule has 4 N–H and O–H groups in total. The number of benzene rings is 2. The van der Waals surface area contributed by atoms with E-state index in [1.807, 2.05) is 13.0 Å². The molecule has 2 fully saturated rings. The molecule has 0 unspecified atom stereocenters. The van der Waals surface area contributed by atoms with Crippen LogP contribution in [0.4, 0.5) is 5.69 Å². The molecule has 194 valence electrons. The van der Waals surface area contributed by atoms with Crippen molar-refractivity contribution in [3.63, 3.8) is 0 Å². The lowest BCUT2D eigenvalue weighted by Crippen LogP contribution is -2.53. The van der Waals surface area contributed by atoms with Crippen molar-refractivity contribution in [1.82, 2.24) is 10.2 Å². The molecule has 11 heteroatoms. The van der Waals surface area contributed by atoms with Crippen molar-refractivity contribution in [1.29, 1.82) is 0 Å². The number of fused-ring (bicyclic) bond motifs is 4. The molecule has 3 aliphatic rings. The van der Waals surface area contributed by atoms with Crippen LogP contribution in [-0.4, -0.2) is 55.3 Å². The highest BCUT2D eigenvalue weighted by Gasteiger charge is 2.70. The molecule has 10 nitrogen and oxygen atoms in total. The van der Waals surface area contributed by atoms with E-state index in [9.17, 15) is 19.2 Å². The number of carbonyl (C=O) groups excluding carboxylic acids is 4. The van der Waals surface area contributed by atoms with Gasteiger partial charge in [-0.2, -0.15) is 0 Å². The molecule has 4 amide bonds. The lowest BCUT2D eigenvalue weighted by atomic mass is 9.76. The topological polar surface area (TPSA) is 140 Å². The Hall–Kier alpha value is -3.63. The molecule has 0 aromatic heterocycles. The third-order valence-electron chi connectivity index (χ3n) is 7.50. The van der Waals surface area contributed by atoms with E-state index in [4.69, 9.17) is 26.8 Å². The second kappa shape index (κ2) is 9.04. The minimum atomic E-state index is -1.54. The molecule has 2 aromatic carbocycles. The summed E-state index contributed by atoms with van der Waals surface area (Å²) in [5.41, 5.74) is 6.46. The highest BCUT2D eigenvalue weighted by Crippen LogP contribution is 2.54. The number of nitrogens with two attached hydrogens (primary N) is 1. The molecular formula is C26H27ClN4O6. The number of primary amides is 1. The van der Waals surface area contributed by atoms with Crippen molar-refractivity contribution in [2.75, 3.05) is 26.1 Å². The Morgan fingerprint density at radius 2 is 1.84 bits per heavy atom. The average Bonchev–Trinajstić information content (AvgIpc) is 3.42. The van der Waals surface area contributed by atoms with Crippen molar-refractivity contribution < 1.29 is 28.7 Å². The zero-order valence-electron chi connectivity index (χ0n) is 20.6. The van der Waals surface area contributed by atoms with Gasteiger partial charge in [-0.05, 0) is 42.7 Å². The lowest BCUT2D eigenvalue weighted by Gasteiger charge is -2.29. The standard InChI is InChI=1S/C26H27ClN4O6/c1-12-8-14-22(15(27)9-12)29-25(35)26(14)21-20(16(30-26)11-19(28)32)23(33)31(24(21)34)7-6-13-4-5-17(36-2)18(10-13)37-3/h4-5,8-10,16,20-21,30H,6-7,11H2,1-3H3,(H2,28,32)(H,29,35)/t16-,20+,21+,26+/m0/s1. The van der Waals surface area contributed by atoms with E-state index >= 15 is 0 Å². The maximum absolute atomic E-state index is 13.9. The monoisotopic (exact) mass is 526 g/mol. The fourth-order valence-corrected chi connectivity index (χ4v) is 6.26. The first kappa shape index (κ1) is 25.0. The Balaban J connectivity index is 1.51. The third kappa shape index (κ3) is 3.74. The first-order valence-corrected chi connectivity index (χ1v) is 12.2. The highest BCUT2D eigenvalue weighted by atomic mass is 35.5. The van der Waals surface area contributed by atoms with E-state index < -0.39 is 47.0 Å². The fourth-order valence-electron chi connectivity index (χ4n) is 5.94. The molecule has 5 rings (SSSR count). The number of anilines is 1. The van der Waals surface area contributed by atoms with E-state index in [-0.39, 0.29) is 13.0 Å². The lowest BCUT2D eigenvalue weighted by molar-refractivity contribution is -0.142. The van der Waals surface area contributed by atoms with Crippen LogP contribution < -0.4 is 25.8 Å². The second-order valence-electron chi connectivity index (χ2n) is 9.62. The van der Waals surface area contributed by atoms with Gasteiger partial charge in [0, 0.05) is 24.6 Å². The van der Waals surface area contributed by atoms with Gasteiger partial charge in [-0.1, -0.05) is 23.7 Å². The molecule has 0 bridgehead atoms. The first-order valence-electron chi connectivity index (χ1n) is 11.9. The van der Waals surface area contributed by atoms with Crippen molar-refractivity contribution in [3.8, 4) is 11.5 Å². The van der Waals surface area contributed by atoms with Crippen LogP contribution in [0.1, 0.15) is 23.1 Å². The van der Waals surface area contributed by atoms with E-state index in [0.29, 0.717) is 34.2 Å². The van der Waals surface area contributed by atoms with Gasteiger partial charge in [0.1, 0.15) is 5.54 Å². The number of amides is 4. The number of methoxy groups -OCH3 is 2. The van der Waals surface area contributed by atoms with Crippen LogP contribution in [0.2, 0.25) is 5.02 Å². The Morgan fingerprint density at radius 3 is 2.51 bits per heavy atom. The summed E-state index contributed by atoms with van der Waals surface area (Å²) in [6, 6.07) is 8.07. The minimum Gasteiger partial charge on any atom is -0.493 e. The maximum Gasteiger partial charge on any atom is 0.250 e. The Bertz CT molecular complexity index is 1350. The number of aryl methyl sites for hydroxylation is 1. The summed E-state index contributed by atoms with van der Waals surface area (Å²) < 4.78 is 10.6. The van der Waals surface area contributed by atoms with Crippen molar-refractivity contribution >= 4 is 40.9 Å². The third-order valence-corrected chi connectivity index (χ3v) is 7.80. The zero-order chi connectivity index (χ0) is 26.6. The number of nitrogens with one attached hydrogen (secondary N) is 2. The molecule has 3 heterocycles. The Kier molecular flexibility index (Phi) is 6.12. The summed E-state index contributed by atoms with van der Waals surface area (Å²) >= 11 is 6.43. The van der Waals surface area contributed by atoms with E-state index in [2.05, 4.69) is 10.6 Å². The van der Waals surface area contributed by atoms with Crippen LogP contribution in [0.25, 0.3) is 0 Å². The molecule has 4 atom stereocenters. The normalized spacial score (nSPS) is 25.9. The van der Waals surface area contributed by atoms with Crippen molar-refractivity contribution in [3.05, 3.63) is 52.0 Å². The van der Waals surface area contributed by atoms with Crippen molar-refractivity contribution in [2.24, 2.45) is 17.6 Å². The van der Waals surface area contributed by atoms with Crippen LogP contribution in [0.3, 0.4) is 0 Å². The molecule has 3 aliphatic heterocycles. The number of likely N-dealkylation sites (tertiary alicyclic amines) is 1. The summed E-state index contributed by atoms with van der Waals surface area (Å²) in [5.74, 6) is -2.92. The van der Waals surface area contributed by atoms with Crippen LogP contribution in [0, 0.1) is 18.8 Å². The number of hydrogen-bond acceptors (Lipinski definition) is 7. The minimum absolute atomic E-state index is 0.0998. The number of halogens is 1. The van der Waals surface area contributed by atoms with Crippen LogP contribution >= 0.6 is 11.6 Å². The van der Waals surface area contributed by atoms with Gasteiger partial charge in [0.25, 0.3) is 0 Å². The maximum atomic E-state index is 13.9. The summed E-state index contributed by atoms with van der Waals surface area (Å²) in [6.45, 7) is 1.93. The van der Waals surface area contributed by atoms with Gasteiger partial charge in [-0.25, -0.2) is 0 Å². The molecule has 0 radical (unpaired) electrons. The van der Waals surface area contributed by atoms with E-state index in [1.165, 1.54) is 19.1 Å². The number of rotatable bonds is 7. The Morgan fingerprint density at radius 1 is 1.11 bits per heavy atom. The molecule has 0 aliphatic carbocycles. The SMILES string of the molecule is COc1ccc(CCN2C(=O)[C@@H]3[C@H](CC(N)=O)N[C@@]4(C(=O)Nc5c(Cl)cc(C)cc54)[C@H]3C2=O)cc1OC. The molecule has 2 aromatic rings. The number of imide groups is 1. The molecule has 1 spiro atoms. The van der Waals surface area contributed by atoms with E-state index in [0.717, 1.165) is 11.1 Å². The molecule has 0 saturated carbocycles. The van der Waals surface area contributed by atoms with Gasteiger partial charge in [0.05, 0.1) is 36.8 Å². The van der Waals surface area contributed by atoms with Gasteiger partial charge in [-0.15, -0.1) is 0 Å². The van der Waals surface area contributed by atoms with Crippen molar-refractivity contribution in [2.45, 2.75) is 31.3 Å².